The van der Waals surface area contributed by atoms with Crippen molar-refractivity contribution >= 4 is 0 Å². The second kappa shape index (κ2) is 8.31. The van der Waals surface area contributed by atoms with Crippen LogP contribution in [0.15, 0.2) is 24.3 Å². The van der Waals surface area contributed by atoms with Crippen LogP contribution >= 0.6 is 0 Å². The average Bonchev–Trinajstić information content (AvgIpc) is 2.30. The largest absolute Gasteiger partial charge is 0.382 e. The van der Waals surface area contributed by atoms with Crippen molar-refractivity contribution in [3.63, 3.8) is 0 Å². The van der Waals surface area contributed by atoms with E-state index in [1.54, 1.807) is 0 Å². The van der Waals surface area contributed by atoms with Crippen molar-refractivity contribution in [2.45, 2.75) is 33.2 Å². The minimum atomic E-state index is 0.830. The summed E-state index contributed by atoms with van der Waals surface area (Å²) in [5.74, 6) is 0. The number of nitrogens with one attached hydrogen (secondary N) is 1. The van der Waals surface area contributed by atoms with Gasteiger partial charge in [0.2, 0.25) is 0 Å². The first-order valence-corrected chi connectivity index (χ1v) is 6.17. The zero-order chi connectivity index (χ0) is 11.6. The van der Waals surface area contributed by atoms with E-state index in [0.717, 1.165) is 32.7 Å². The summed E-state index contributed by atoms with van der Waals surface area (Å²) in [5, 5.41) is 3.44. The Morgan fingerprint density at radius 2 is 1.88 bits per heavy atom. The summed E-state index contributed by atoms with van der Waals surface area (Å²) in [6.45, 7) is 7.91. The summed E-state index contributed by atoms with van der Waals surface area (Å²) >= 11 is 0. The van der Waals surface area contributed by atoms with Crippen molar-refractivity contribution < 1.29 is 4.74 Å². The van der Waals surface area contributed by atoms with Gasteiger partial charge in [-0.2, -0.15) is 0 Å². The van der Waals surface area contributed by atoms with E-state index in [4.69, 9.17) is 4.74 Å². The van der Waals surface area contributed by atoms with E-state index in [9.17, 15) is 0 Å². The molecule has 1 N–H and O–H groups in total. The van der Waals surface area contributed by atoms with Gasteiger partial charge in [0.15, 0.2) is 0 Å². The molecule has 16 heavy (non-hydrogen) atoms. The Morgan fingerprint density at radius 1 is 1.12 bits per heavy atom. The smallest absolute Gasteiger partial charge is 0.0466 e. The molecule has 0 saturated heterocycles. The Kier molecular flexibility index (Phi) is 6.86. The molecule has 0 radical (unpaired) electrons. The monoisotopic (exact) mass is 221 g/mol. The van der Waals surface area contributed by atoms with Crippen LogP contribution in [0.3, 0.4) is 0 Å². The summed E-state index contributed by atoms with van der Waals surface area (Å²) in [5.41, 5.74) is 2.68. The summed E-state index contributed by atoms with van der Waals surface area (Å²) in [6, 6.07) is 8.68. The maximum atomic E-state index is 5.28. The van der Waals surface area contributed by atoms with E-state index >= 15 is 0 Å². The quantitative estimate of drug-likeness (QED) is 0.682. The highest BCUT2D eigenvalue weighted by atomic mass is 16.5. The fraction of sp³-hybridized carbons (Fsp3) is 0.571. The Labute approximate surface area is 99.0 Å². The van der Waals surface area contributed by atoms with Crippen LogP contribution in [0.1, 0.15) is 30.9 Å². The lowest BCUT2D eigenvalue weighted by Crippen LogP contribution is -2.15. The first-order chi connectivity index (χ1) is 7.83. The van der Waals surface area contributed by atoms with Crippen LogP contribution in [0, 0.1) is 6.92 Å². The number of unbranched alkanes of at least 4 members (excludes halogenated alkanes) is 1. The van der Waals surface area contributed by atoms with Crippen molar-refractivity contribution in [2.24, 2.45) is 0 Å². The topological polar surface area (TPSA) is 21.3 Å². The minimum absolute atomic E-state index is 0.830. The fourth-order valence-corrected chi connectivity index (χ4v) is 1.54. The number of hydrogen-bond acceptors (Lipinski definition) is 2. The molecule has 2 heteroatoms. The van der Waals surface area contributed by atoms with Crippen LogP contribution in [0.4, 0.5) is 0 Å². The number of hydrogen-bond donors (Lipinski definition) is 1. The molecule has 1 aromatic rings. The molecule has 0 bridgehead atoms. The number of rotatable bonds is 8. The van der Waals surface area contributed by atoms with E-state index in [0.29, 0.717) is 0 Å². The molecule has 0 atom stereocenters. The third-order valence-electron chi connectivity index (χ3n) is 2.55. The van der Waals surface area contributed by atoms with E-state index in [-0.39, 0.29) is 0 Å². The van der Waals surface area contributed by atoms with Gasteiger partial charge < -0.3 is 10.1 Å². The molecule has 0 aliphatic heterocycles. The molecule has 1 rings (SSSR count). The van der Waals surface area contributed by atoms with Gasteiger partial charge in [-0.15, -0.1) is 0 Å². The van der Waals surface area contributed by atoms with E-state index in [2.05, 4.69) is 36.5 Å². The number of benzene rings is 1. The molecule has 0 unspecified atom stereocenters. The Morgan fingerprint density at radius 3 is 2.56 bits per heavy atom. The molecule has 90 valence electrons. The molecule has 0 amide bonds. The average molecular weight is 221 g/mol. The van der Waals surface area contributed by atoms with E-state index in [1.165, 1.54) is 17.5 Å². The molecule has 2 nitrogen and oxygen atoms in total. The maximum absolute atomic E-state index is 5.28. The minimum Gasteiger partial charge on any atom is -0.382 e. The third kappa shape index (κ3) is 5.89. The van der Waals surface area contributed by atoms with Crippen LogP contribution in [-0.2, 0) is 11.3 Å². The van der Waals surface area contributed by atoms with E-state index < -0.39 is 0 Å². The Balaban J connectivity index is 2.01. The molecule has 0 heterocycles. The van der Waals surface area contributed by atoms with Gasteiger partial charge in [0, 0.05) is 19.8 Å². The highest BCUT2D eigenvalue weighted by Gasteiger charge is 1.92. The zero-order valence-corrected chi connectivity index (χ0v) is 10.5. The van der Waals surface area contributed by atoms with E-state index in [1.807, 2.05) is 6.92 Å². The van der Waals surface area contributed by atoms with Gasteiger partial charge in [-0.1, -0.05) is 29.8 Å². The van der Waals surface area contributed by atoms with Gasteiger partial charge in [-0.05, 0) is 38.8 Å². The highest BCUT2D eigenvalue weighted by molar-refractivity contribution is 5.20. The molecule has 0 fully saturated rings. The van der Waals surface area contributed by atoms with Gasteiger partial charge in [-0.25, -0.2) is 0 Å². The van der Waals surface area contributed by atoms with Gasteiger partial charge in [0.05, 0.1) is 0 Å². The normalized spacial score (nSPS) is 10.6. The van der Waals surface area contributed by atoms with Crippen molar-refractivity contribution in [1.82, 2.24) is 5.32 Å². The van der Waals surface area contributed by atoms with Gasteiger partial charge in [0.25, 0.3) is 0 Å². The Hall–Kier alpha value is -0.860. The first kappa shape index (κ1) is 13.2. The Bertz CT molecular complexity index is 269. The van der Waals surface area contributed by atoms with Crippen molar-refractivity contribution in [1.29, 1.82) is 0 Å². The van der Waals surface area contributed by atoms with Gasteiger partial charge >= 0.3 is 0 Å². The lowest BCUT2D eigenvalue weighted by molar-refractivity contribution is 0.143. The standard InChI is InChI=1S/C14H23NO/c1-3-16-11-5-4-10-15-12-14-8-6-13(2)7-9-14/h6-9,15H,3-5,10-12H2,1-2H3. The second-order valence-electron chi connectivity index (χ2n) is 4.07. The van der Waals surface area contributed by atoms with Crippen molar-refractivity contribution in [2.75, 3.05) is 19.8 Å². The van der Waals surface area contributed by atoms with Crippen molar-refractivity contribution in [3.05, 3.63) is 35.4 Å². The molecule has 0 aliphatic carbocycles. The highest BCUT2D eigenvalue weighted by Crippen LogP contribution is 2.02. The summed E-state index contributed by atoms with van der Waals surface area (Å²) in [6.07, 6.45) is 2.33. The molecule has 0 aliphatic rings. The number of aryl methyl sites for hydroxylation is 1. The zero-order valence-electron chi connectivity index (χ0n) is 10.5. The molecular weight excluding hydrogens is 198 g/mol. The summed E-state index contributed by atoms with van der Waals surface area (Å²) in [4.78, 5) is 0. The predicted octanol–water partition coefficient (Wildman–Crippen LogP) is 2.90. The first-order valence-electron chi connectivity index (χ1n) is 6.17. The predicted molar refractivity (Wildman–Crippen MR) is 68.6 cm³/mol. The second-order valence-corrected chi connectivity index (χ2v) is 4.07. The fourth-order valence-electron chi connectivity index (χ4n) is 1.54. The van der Waals surface area contributed by atoms with Crippen molar-refractivity contribution in [3.8, 4) is 0 Å². The van der Waals surface area contributed by atoms with Gasteiger partial charge in [0.1, 0.15) is 0 Å². The molecule has 1 aromatic carbocycles. The van der Waals surface area contributed by atoms with Crippen LogP contribution in [0.25, 0.3) is 0 Å². The molecular formula is C14H23NO. The molecule has 0 aromatic heterocycles. The lowest BCUT2D eigenvalue weighted by Gasteiger charge is -2.05. The SMILES string of the molecule is CCOCCCCNCc1ccc(C)cc1. The van der Waals surface area contributed by atoms with Crippen LogP contribution in [-0.4, -0.2) is 19.8 Å². The number of ether oxygens (including phenoxy) is 1. The van der Waals surface area contributed by atoms with Gasteiger partial charge in [-0.3, -0.25) is 0 Å². The summed E-state index contributed by atoms with van der Waals surface area (Å²) in [7, 11) is 0. The van der Waals surface area contributed by atoms with Crippen LogP contribution < -0.4 is 5.32 Å². The third-order valence-corrected chi connectivity index (χ3v) is 2.55. The maximum Gasteiger partial charge on any atom is 0.0466 e. The van der Waals surface area contributed by atoms with Crippen LogP contribution in [0.5, 0.6) is 0 Å². The molecule has 0 saturated carbocycles. The lowest BCUT2D eigenvalue weighted by atomic mass is 10.1. The summed E-state index contributed by atoms with van der Waals surface area (Å²) < 4.78 is 5.28. The van der Waals surface area contributed by atoms with Crippen LogP contribution in [0.2, 0.25) is 0 Å². The molecule has 0 spiro atoms.